The third-order valence-corrected chi connectivity index (χ3v) is 4.88. The zero-order valence-corrected chi connectivity index (χ0v) is 16.0. The molecule has 2 atom stereocenters. The lowest BCUT2D eigenvalue weighted by molar-refractivity contribution is 0.0498. The molecule has 4 nitrogen and oxygen atoms in total. The summed E-state index contributed by atoms with van der Waals surface area (Å²) in [7, 11) is 0. The summed E-state index contributed by atoms with van der Waals surface area (Å²) in [6.07, 6.45) is 2.87. The third kappa shape index (κ3) is 5.81. The van der Waals surface area contributed by atoms with Crippen molar-refractivity contribution in [1.82, 2.24) is 10.6 Å². The van der Waals surface area contributed by atoms with E-state index in [-0.39, 0.29) is 12.1 Å². The summed E-state index contributed by atoms with van der Waals surface area (Å²) in [5.41, 5.74) is 2.02. The fraction of sp³-hybridized carbons (Fsp3) is 0.611. The Kier molecular flexibility index (Phi) is 6.09. The number of ether oxygens (including phenoxy) is 1. The van der Waals surface area contributed by atoms with Gasteiger partial charge in [-0.05, 0) is 64.2 Å². The lowest BCUT2D eigenvalue weighted by Gasteiger charge is -2.25. The molecule has 2 N–H and O–H groups in total. The number of halogens is 1. The van der Waals surface area contributed by atoms with Gasteiger partial charge in [-0.25, -0.2) is 4.79 Å². The number of hydrogen-bond donors (Lipinski definition) is 2. The summed E-state index contributed by atoms with van der Waals surface area (Å²) < 4.78 is 6.49. The molecule has 1 fully saturated rings. The zero-order valence-electron chi connectivity index (χ0n) is 14.4. The fourth-order valence-electron chi connectivity index (χ4n) is 2.83. The van der Waals surface area contributed by atoms with E-state index in [9.17, 15) is 4.79 Å². The van der Waals surface area contributed by atoms with Gasteiger partial charge < -0.3 is 15.4 Å². The second-order valence-corrected chi connectivity index (χ2v) is 8.11. The highest BCUT2D eigenvalue weighted by atomic mass is 79.9. The molecule has 0 bridgehead atoms. The van der Waals surface area contributed by atoms with E-state index in [2.05, 4.69) is 51.7 Å². The van der Waals surface area contributed by atoms with Gasteiger partial charge in [0.2, 0.25) is 0 Å². The molecule has 1 aromatic rings. The molecule has 5 heteroatoms. The predicted molar refractivity (Wildman–Crippen MR) is 96.5 cm³/mol. The molecule has 2 rings (SSSR count). The fourth-order valence-corrected chi connectivity index (χ4v) is 3.26. The largest absolute Gasteiger partial charge is 0.444 e. The molecule has 0 spiro atoms. The summed E-state index contributed by atoms with van der Waals surface area (Å²) in [4.78, 5) is 11.9. The summed E-state index contributed by atoms with van der Waals surface area (Å²) in [6.45, 7) is 8.53. The van der Waals surface area contributed by atoms with Crippen molar-refractivity contribution in [2.45, 2.75) is 71.2 Å². The minimum absolute atomic E-state index is 0.138. The normalized spacial score (nSPS) is 21.3. The van der Waals surface area contributed by atoms with Crippen LogP contribution >= 0.6 is 15.9 Å². The molecule has 23 heavy (non-hydrogen) atoms. The van der Waals surface area contributed by atoms with Gasteiger partial charge in [0, 0.05) is 23.1 Å². The van der Waals surface area contributed by atoms with Gasteiger partial charge in [-0.3, -0.25) is 0 Å². The van der Waals surface area contributed by atoms with E-state index >= 15 is 0 Å². The molecule has 0 heterocycles. The van der Waals surface area contributed by atoms with Crippen LogP contribution in [0.5, 0.6) is 0 Å². The molecule has 1 saturated carbocycles. The van der Waals surface area contributed by atoms with Gasteiger partial charge in [-0.1, -0.05) is 28.1 Å². The molecule has 0 aliphatic heterocycles. The van der Waals surface area contributed by atoms with Gasteiger partial charge in [0.05, 0.1) is 0 Å². The van der Waals surface area contributed by atoms with Gasteiger partial charge in [0.1, 0.15) is 5.60 Å². The highest BCUT2D eigenvalue weighted by molar-refractivity contribution is 9.10. The number of carbonyl (C=O) groups excluding carboxylic acids is 1. The summed E-state index contributed by atoms with van der Waals surface area (Å²) in [5.74, 6) is 0. The summed E-state index contributed by atoms with van der Waals surface area (Å²) in [6, 6.07) is 6.83. The lowest BCUT2D eigenvalue weighted by atomic mass is 10.1. The SMILES string of the molecule is Cc1ccc(CNC2CCCC2NC(=O)OC(C)(C)C)cc1Br. The molecule has 0 radical (unpaired) electrons. The summed E-state index contributed by atoms with van der Waals surface area (Å²) in [5, 5.41) is 6.58. The van der Waals surface area contributed by atoms with E-state index in [0.29, 0.717) is 6.04 Å². The number of nitrogens with one attached hydrogen (secondary N) is 2. The van der Waals surface area contributed by atoms with Crippen LogP contribution in [0.3, 0.4) is 0 Å². The molecule has 0 aromatic heterocycles. The first-order chi connectivity index (χ1) is 10.7. The first-order valence-electron chi connectivity index (χ1n) is 8.22. The Labute approximate surface area is 147 Å². The Balaban J connectivity index is 1.86. The predicted octanol–water partition coefficient (Wildman–Crippen LogP) is 4.29. The van der Waals surface area contributed by atoms with Gasteiger partial charge in [0.15, 0.2) is 0 Å². The Hall–Kier alpha value is -1.07. The van der Waals surface area contributed by atoms with Crippen molar-refractivity contribution in [2.24, 2.45) is 0 Å². The molecule has 128 valence electrons. The molecule has 0 saturated heterocycles. The van der Waals surface area contributed by atoms with Crippen LogP contribution in [0, 0.1) is 6.92 Å². The average molecular weight is 383 g/mol. The van der Waals surface area contributed by atoms with Crippen LogP contribution in [-0.4, -0.2) is 23.8 Å². The Morgan fingerprint density at radius 1 is 1.30 bits per heavy atom. The third-order valence-electron chi connectivity index (χ3n) is 4.02. The second-order valence-electron chi connectivity index (χ2n) is 7.25. The monoisotopic (exact) mass is 382 g/mol. The van der Waals surface area contributed by atoms with Crippen LogP contribution < -0.4 is 10.6 Å². The van der Waals surface area contributed by atoms with Gasteiger partial charge in [-0.2, -0.15) is 0 Å². The average Bonchev–Trinajstić information content (AvgIpc) is 2.85. The van der Waals surface area contributed by atoms with E-state index in [1.807, 2.05) is 20.8 Å². The van der Waals surface area contributed by atoms with Gasteiger partial charge >= 0.3 is 6.09 Å². The van der Waals surface area contributed by atoms with Crippen LogP contribution in [0.15, 0.2) is 22.7 Å². The van der Waals surface area contributed by atoms with Crippen molar-refractivity contribution >= 4 is 22.0 Å². The number of amides is 1. The van der Waals surface area contributed by atoms with E-state index < -0.39 is 5.60 Å². The number of benzene rings is 1. The number of alkyl carbamates (subject to hydrolysis) is 1. The molecule has 1 aliphatic rings. The van der Waals surface area contributed by atoms with Crippen molar-refractivity contribution in [3.05, 3.63) is 33.8 Å². The number of rotatable bonds is 4. The van der Waals surface area contributed by atoms with Gasteiger partial charge in [-0.15, -0.1) is 0 Å². The van der Waals surface area contributed by atoms with Crippen LogP contribution in [0.4, 0.5) is 4.79 Å². The Bertz CT molecular complexity index is 554. The maximum absolute atomic E-state index is 11.9. The lowest BCUT2D eigenvalue weighted by Crippen LogP contribution is -2.47. The van der Waals surface area contributed by atoms with Crippen molar-refractivity contribution < 1.29 is 9.53 Å². The first kappa shape index (κ1) is 18.3. The Morgan fingerprint density at radius 3 is 2.65 bits per heavy atom. The standard InChI is InChI=1S/C18H27BrN2O2/c1-12-8-9-13(10-14(12)19)11-20-15-6-5-7-16(15)21-17(22)23-18(2,3)4/h8-10,15-16,20H,5-7,11H2,1-4H3,(H,21,22). The van der Waals surface area contributed by atoms with Crippen molar-refractivity contribution in [2.75, 3.05) is 0 Å². The van der Waals surface area contributed by atoms with E-state index in [4.69, 9.17) is 4.74 Å². The smallest absolute Gasteiger partial charge is 0.407 e. The number of aryl methyl sites for hydroxylation is 1. The topological polar surface area (TPSA) is 50.4 Å². The molecular formula is C18H27BrN2O2. The first-order valence-corrected chi connectivity index (χ1v) is 9.02. The van der Waals surface area contributed by atoms with Crippen LogP contribution in [0.25, 0.3) is 0 Å². The quantitative estimate of drug-likeness (QED) is 0.816. The minimum Gasteiger partial charge on any atom is -0.444 e. The van der Waals surface area contributed by atoms with Crippen molar-refractivity contribution in [3.63, 3.8) is 0 Å². The minimum atomic E-state index is -0.459. The number of hydrogen-bond acceptors (Lipinski definition) is 3. The van der Waals surface area contributed by atoms with Gasteiger partial charge in [0.25, 0.3) is 0 Å². The van der Waals surface area contributed by atoms with Crippen LogP contribution in [0.2, 0.25) is 0 Å². The molecule has 1 amide bonds. The maximum atomic E-state index is 11.9. The van der Waals surface area contributed by atoms with E-state index in [0.717, 1.165) is 30.3 Å². The highest BCUT2D eigenvalue weighted by Crippen LogP contribution is 2.22. The van der Waals surface area contributed by atoms with Crippen molar-refractivity contribution in [1.29, 1.82) is 0 Å². The zero-order chi connectivity index (χ0) is 17.0. The molecule has 1 aromatic carbocycles. The van der Waals surface area contributed by atoms with E-state index in [1.54, 1.807) is 0 Å². The highest BCUT2D eigenvalue weighted by Gasteiger charge is 2.29. The Morgan fingerprint density at radius 2 is 2.00 bits per heavy atom. The van der Waals surface area contributed by atoms with Crippen LogP contribution in [0.1, 0.15) is 51.2 Å². The van der Waals surface area contributed by atoms with E-state index in [1.165, 1.54) is 11.1 Å². The molecule has 1 aliphatic carbocycles. The molecule has 2 unspecified atom stereocenters. The second kappa shape index (κ2) is 7.67. The molecular weight excluding hydrogens is 356 g/mol. The maximum Gasteiger partial charge on any atom is 0.407 e. The number of carbonyl (C=O) groups is 1. The summed E-state index contributed by atoms with van der Waals surface area (Å²) >= 11 is 3.57. The van der Waals surface area contributed by atoms with Crippen LogP contribution in [-0.2, 0) is 11.3 Å². The van der Waals surface area contributed by atoms with Crippen molar-refractivity contribution in [3.8, 4) is 0 Å².